The van der Waals surface area contributed by atoms with Crippen molar-refractivity contribution < 1.29 is 4.52 Å². The topological polar surface area (TPSA) is 26.0 Å². The maximum Gasteiger partial charge on any atom is 0.144 e. The van der Waals surface area contributed by atoms with Crippen molar-refractivity contribution in [2.24, 2.45) is 0 Å². The molecule has 1 heterocycles. The monoisotopic (exact) mass is 239 g/mol. The molecule has 88 valence electrons. The first-order valence-corrected chi connectivity index (χ1v) is 6.98. The van der Waals surface area contributed by atoms with Crippen LogP contribution in [0.2, 0.25) is 0 Å². The fourth-order valence-corrected chi connectivity index (χ4v) is 3.10. The number of hydrogen-bond donors (Lipinski definition) is 0. The van der Waals surface area contributed by atoms with Crippen molar-refractivity contribution in [3.05, 3.63) is 17.0 Å². The van der Waals surface area contributed by atoms with E-state index >= 15 is 0 Å². The molecule has 0 spiro atoms. The molecule has 2 aliphatic rings. The third-order valence-corrected chi connectivity index (χ3v) is 4.19. The fraction of sp³-hybridized carbons (Fsp3) is 0.769. The smallest absolute Gasteiger partial charge is 0.144 e. The molecule has 0 aliphatic heterocycles. The summed E-state index contributed by atoms with van der Waals surface area (Å²) in [5.74, 6) is 2.90. The summed E-state index contributed by atoms with van der Waals surface area (Å²) in [6.07, 6.45) is 9.07. The highest BCUT2D eigenvalue weighted by atomic mass is 35.5. The second-order valence-corrected chi connectivity index (χ2v) is 5.42. The molecule has 2 nitrogen and oxygen atoms in total. The Hall–Kier alpha value is -0.500. The highest BCUT2D eigenvalue weighted by Crippen LogP contribution is 2.45. The molecule has 0 atom stereocenters. The van der Waals surface area contributed by atoms with Crippen molar-refractivity contribution in [2.45, 2.75) is 62.7 Å². The average Bonchev–Trinajstić information content (AvgIpc) is 3.09. The van der Waals surface area contributed by atoms with Gasteiger partial charge in [-0.25, -0.2) is 0 Å². The summed E-state index contributed by atoms with van der Waals surface area (Å²) < 4.78 is 5.53. The van der Waals surface area contributed by atoms with Crippen LogP contribution in [0.5, 0.6) is 0 Å². The maximum absolute atomic E-state index is 6.07. The normalized spacial score (nSPS) is 22.6. The Morgan fingerprint density at radius 2 is 1.81 bits per heavy atom. The van der Waals surface area contributed by atoms with Gasteiger partial charge < -0.3 is 4.52 Å². The van der Waals surface area contributed by atoms with Gasteiger partial charge in [-0.2, -0.15) is 0 Å². The molecule has 16 heavy (non-hydrogen) atoms. The van der Waals surface area contributed by atoms with Crippen LogP contribution < -0.4 is 0 Å². The number of hydrogen-bond acceptors (Lipinski definition) is 2. The van der Waals surface area contributed by atoms with Crippen molar-refractivity contribution in [3.63, 3.8) is 0 Å². The molecule has 1 aromatic rings. The lowest BCUT2D eigenvalue weighted by Gasteiger charge is -2.20. The molecular formula is C13H18ClNO. The number of nitrogens with zero attached hydrogens (tertiary/aromatic N) is 1. The SMILES string of the molecule is ClCc1c(C2CCCCC2)noc1C1CC1. The molecule has 3 rings (SSSR count). The van der Waals surface area contributed by atoms with E-state index in [1.165, 1.54) is 56.2 Å². The van der Waals surface area contributed by atoms with Crippen LogP contribution in [0.1, 0.15) is 73.8 Å². The lowest BCUT2D eigenvalue weighted by Crippen LogP contribution is -2.07. The molecule has 0 amide bonds. The number of alkyl halides is 1. The Kier molecular flexibility index (Phi) is 2.93. The van der Waals surface area contributed by atoms with Crippen LogP contribution in [0.15, 0.2) is 4.52 Å². The zero-order valence-electron chi connectivity index (χ0n) is 9.54. The van der Waals surface area contributed by atoms with Gasteiger partial charge in [-0.15, -0.1) is 11.6 Å². The summed E-state index contributed by atoms with van der Waals surface area (Å²) in [5.41, 5.74) is 2.40. The average molecular weight is 240 g/mol. The van der Waals surface area contributed by atoms with E-state index in [0.29, 0.717) is 17.7 Å². The summed E-state index contributed by atoms with van der Waals surface area (Å²) in [5, 5.41) is 4.31. The van der Waals surface area contributed by atoms with E-state index in [1.54, 1.807) is 0 Å². The lowest BCUT2D eigenvalue weighted by molar-refractivity contribution is 0.359. The summed E-state index contributed by atoms with van der Waals surface area (Å²) in [6, 6.07) is 0. The first-order chi connectivity index (χ1) is 7.90. The van der Waals surface area contributed by atoms with Gasteiger partial charge in [-0.1, -0.05) is 24.4 Å². The molecule has 0 N–H and O–H groups in total. The highest BCUT2D eigenvalue weighted by Gasteiger charge is 2.33. The summed E-state index contributed by atoms with van der Waals surface area (Å²) in [4.78, 5) is 0. The second-order valence-electron chi connectivity index (χ2n) is 5.15. The predicted molar refractivity (Wildman–Crippen MR) is 63.9 cm³/mol. The van der Waals surface area contributed by atoms with Crippen LogP contribution in [-0.4, -0.2) is 5.16 Å². The molecule has 0 bridgehead atoms. The van der Waals surface area contributed by atoms with Crippen LogP contribution in [0, 0.1) is 0 Å². The number of aromatic nitrogens is 1. The van der Waals surface area contributed by atoms with Gasteiger partial charge in [0.1, 0.15) is 5.76 Å². The highest BCUT2D eigenvalue weighted by molar-refractivity contribution is 6.17. The van der Waals surface area contributed by atoms with E-state index in [1.807, 2.05) is 0 Å². The van der Waals surface area contributed by atoms with Crippen LogP contribution >= 0.6 is 11.6 Å². The third kappa shape index (κ3) is 1.88. The van der Waals surface area contributed by atoms with Gasteiger partial charge in [0.15, 0.2) is 0 Å². The molecule has 3 heteroatoms. The van der Waals surface area contributed by atoms with Gasteiger partial charge in [0.2, 0.25) is 0 Å². The van der Waals surface area contributed by atoms with E-state index in [9.17, 15) is 0 Å². The van der Waals surface area contributed by atoms with Gasteiger partial charge in [-0.3, -0.25) is 0 Å². The van der Waals surface area contributed by atoms with Gasteiger partial charge in [0.05, 0.1) is 11.6 Å². The van der Waals surface area contributed by atoms with Crippen LogP contribution in [0.4, 0.5) is 0 Å². The van der Waals surface area contributed by atoms with Gasteiger partial charge in [-0.05, 0) is 25.7 Å². The van der Waals surface area contributed by atoms with E-state index < -0.39 is 0 Å². The molecule has 0 unspecified atom stereocenters. The molecule has 0 saturated heterocycles. The minimum atomic E-state index is 0.571. The lowest BCUT2D eigenvalue weighted by atomic mass is 9.85. The molecule has 2 saturated carbocycles. The van der Waals surface area contributed by atoms with Crippen molar-refractivity contribution in [1.82, 2.24) is 5.16 Å². The third-order valence-electron chi connectivity index (χ3n) is 3.92. The Morgan fingerprint density at radius 3 is 2.44 bits per heavy atom. The largest absolute Gasteiger partial charge is 0.360 e. The van der Waals surface area contributed by atoms with E-state index in [-0.39, 0.29) is 0 Å². The molecule has 2 aliphatic carbocycles. The van der Waals surface area contributed by atoms with Crippen molar-refractivity contribution >= 4 is 11.6 Å². The summed E-state index contributed by atoms with van der Waals surface area (Å²) >= 11 is 6.07. The predicted octanol–water partition coefficient (Wildman–Crippen LogP) is 4.34. The number of rotatable bonds is 3. The number of halogens is 1. The molecule has 1 aromatic heterocycles. The maximum atomic E-state index is 6.07. The van der Waals surface area contributed by atoms with E-state index in [0.717, 1.165) is 5.76 Å². The zero-order chi connectivity index (χ0) is 11.0. The second kappa shape index (κ2) is 4.40. The molecule has 2 fully saturated rings. The first-order valence-electron chi connectivity index (χ1n) is 6.44. The van der Waals surface area contributed by atoms with Crippen LogP contribution in [0.3, 0.4) is 0 Å². The Labute approximate surface area is 101 Å². The van der Waals surface area contributed by atoms with Crippen molar-refractivity contribution in [3.8, 4) is 0 Å². The van der Waals surface area contributed by atoms with Crippen LogP contribution in [0.25, 0.3) is 0 Å². The Bertz CT molecular complexity index is 364. The van der Waals surface area contributed by atoms with Crippen LogP contribution in [-0.2, 0) is 5.88 Å². The van der Waals surface area contributed by atoms with Crippen molar-refractivity contribution in [1.29, 1.82) is 0 Å². The van der Waals surface area contributed by atoms with Gasteiger partial charge in [0.25, 0.3) is 0 Å². The summed E-state index contributed by atoms with van der Waals surface area (Å²) in [7, 11) is 0. The standard InChI is InChI=1S/C13H18ClNO/c14-8-11-12(9-4-2-1-3-5-9)15-16-13(11)10-6-7-10/h9-10H,1-8H2. The Morgan fingerprint density at radius 1 is 1.06 bits per heavy atom. The van der Waals surface area contributed by atoms with Crippen molar-refractivity contribution in [2.75, 3.05) is 0 Å². The minimum absolute atomic E-state index is 0.571. The molecule has 0 aromatic carbocycles. The fourth-order valence-electron chi connectivity index (χ4n) is 2.83. The quantitative estimate of drug-likeness (QED) is 0.734. The Balaban J connectivity index is 1.87. The van der Waals surface area contributed by atoms with E-state index in [4.69, 9.17) is 16.1 Å². The zero-order valence-corrected chi connectivity index (χ0v) is 10.3. The van der Waals surface area contributed by atoms with E-state index in [2.05, 4.69) is 5.16 Å². The first kappa shape index (κ1) is 10.6. The van der Waals surface area contributed by atoms with Gasteiger partial charge in [0, 0.05) is 17.4 Å². The molecular weight excluding hydrogens is 222 g/mol. The minimum Gasteiger partial charge on any atom is -0.360 e. The summed E-state index contributed by atoms with van der Waals surface area (Å²) in [6.45, 7) is 0. The molecule has 0 radical (unpaired) electrons. The van der Waals surface area contributed by atoms with Gasteiger partial charge >= 0.3 is 0 Å².